The minimum absolute atomic E-state index is 0. The van der Waals surface area contributed by atoms with Crippen molar-refractivity contribution in [1.29, 1.82) is 0 Å². The second-order valence-electron chi connectivity index (χ2n) is 0.671. The molecule has 6 heteroatoms. The van der Waals surface area contributed by atoms with Crippen LogP contribution in [-0.4, -0.2) is 29.4 Å². The quantitative estimate of drug-likeness (QED) is 0.228. The first-order valence-corrected chi connectivity index (χ1v) is 1.22. The van der Waals surface area contributed by atoms with Gasteiger partial charge in [-0.25, -0.2) is 4.79 Å². The molecule has 0 aromatic rings. The van der Waals surface area contributed by atoms with Gasteiger partial charge in [-0.2, -0.15) is 0 Å². The molecule has 0 heterocycles. The SMILES string of the molecule is O=C=NC(F)(F)F.[SeH2]. The monoisotopic (exact) mass is 193 g/mol. The first-order valence-electron chi connectivity index (χ1n) is 1.22. The molecule has 0 N–H and O–H groups in total. The summed E-state index contributed by atoms with van der Waals surface area (Å²) in [6.07, 6.45) is -4.39. The third kappa shape index (κ3) is 9.19. The van der Waals surface area contributed by atoms with Gasteiger partial charge < -0.3 is 0 Å². The number of hydrogen-bond acceptors (Lipinski definition) is 2. The van der Waals surface area contributed by atoms with Crippen LogP contribution in [0.1, 0.15) is 0 Å². The van der Waals surface area contributed by atoms with Crippen molar-refractivity contribution in [2.24, 2.45) is 4.99 Å². The minimum atomic E-state index is -4.75. The first-order chi connectivity index (χ1) is 3.06. The fraction of sp³-hybridized carbons (Fsp3) is 0.500. The van der Waals surface area contributed by atoms with Gasteiger partial charge in [0.15, 0.2) is 0 Å². The van der Waals surface area contributed by atoms with E-state index in [4.69, 9.17) is 4.79 Å². The molecule has 0 aromatic carbocycles. The van der Waals surface area contributed by atoms with Crippen molar-refractivity contribution in [2.45, 2.75) is 6.30 Å². The van der Waals surface area contributed by atoms with Gasteiger partial charge in [0.1, 0.15) is 0 Å². The molecule has 0 aromatic heterocycles. The molecule has 0 aliphatic rings. The average molecular weight is 192 g/mol. The number of hydrogen-bond donors (Lipinski definition) is 0. The molecule has 0 radical (unpaired) electrons. The Hall–Kier alpha value is -0.311. The van der Waals surface area contributed by atoms with Crippen molar-refractivity contribution in [2.75, 3.05) is 0 Å². The van der Waals surface area contributed by atoms with Crippen LogP contribution in [0.25, 0.3) is 0 Å². The van der Waals surface area contributed by atoms with Gasteiger partial charge in [0.25, 0.3) is 0 Å². The topological polar surface area (TPSA) is 29.4 Å². The fourth-order valence-electron chi connectivity index (χ4n) is 0.0518. The zero-order valence-electron chi connectivity index (χ0n) is 3.49. The summed E-state index contributed by atoms with van der Waals surface area (Å²) >= 11 is 0. The zero-order chi connectivity index (χ0) is 5.91. The van der Waals surface area contributed by atoms with Crippen molar-refractivity contribution in [3.05, 3.63) is 0 Å². The van der Waals surface area contributed by atoms with Crippen LogP contribution in [0.15, 0.2) is 4.99 Å². The fourth-order valence-corrected chi connectivity index (χ4v) is 0.0518. The standard InChI is InChI=1S/C2F3NO.H2Se/c3-2(4,5)6-1-7;/h;1H2. The number of rotatable bonds is 0. The Morgan fingerprint density at radius 3 is 1.75 bits per heavy atom. The van der Waals surface area contributed by atoms with Gasteiger partial charge >= 0.3 is 23.4 Å². The number of isocyanates is 1. The summed E-state index contributed by atoms with van der Waals surface area (Å²) in [5.41, 5.74) is 0. The Morgan fingerprint density at radius 2 is 1.75 bits per heavy atom. The van der Waals surface area contributed by atoms with E-state index in [-0.39, 0.29) is 17.1 Å². The number of nitrogens with zero attached hydrogens (tertiary/aromatic N) is 1. The van der Waals surface area contributed by atoms with Crippen LogP contribution in [0, 0.1) is 0 Å². The van der Waals surface area contributed by atoms with Gasteiger partial charge in [0, 0.05) is 0 Å². The molecule has 0 saturated heterocycles. The van der Waals surface area contributed by atoms with E-state index in [0.717, 1.165) is 0 Å². The van der Waals surface area contributed by atoms with E-state index in [2.05, 4.69) is 0 Å². The van der Waals surface area contributed by atoms with Crippen LogP contribution >= 0.6 is 0 Å². The molecule has 0 aliphatic carbocycles. The van der Waals surface area contributed by atoms with E-state index < -0.39 is 6.30 Å². The number of alkyl halides is 3. The van der Waals surface area contributed by atoms with Gasteiger partial charge in [0.05, 0.1) is 0 Å². The molecule has 0 unspecified atom stereocenters. The van der Waals surface area contributed by atoms with Crippen LogP contribution in [0.5, 0.6) is 0 Å². The summed E-state index contributed by atoms with van der Waals surface area (Å²) in [6.45, 7) is 0. The summed E-state index contributed by atoms with van der Waals surface area (Å²) < 4.78 is 31.9. The van der Waals surface area contributed by atoms with E-state index in [0.29, 0.717) is 6.08 Å². The molecular weight excluding hydrogens is 190 g/mol. The van der Waals surface area contributed by atoms with E-state index in [1.165, 1.54) is 4.99 Å². The van der Waals surface area contributed by atoms with Gasteiger partial charge in [-0.05, 0) is 0 Å². The summed E-state index contributed by atoms with van der Waals surface area (Å²) in [5, 5.41) is 0. The molecule has 0 fully saturated rings. The van der Waals surface area contributed by atoms with Crippen LogP contribution in [0.2, 0.25) is 0 Å². The summed E-state index contributed by atoms with van der Waals surface area (Å²) in [5.74, 6) is 0. The second-order valence-corrected chi connectivity index (χ2v) is 0.671. The Balaban J connectivity index is 0. The molecule has 8 heavy (non-hydrogen) atoms. The Kier molecular flexibility index (Phi) is 4.87. The van der Waals surface area contributed by atoms with Gasteiger partial charge in [-0.15, -0.1) is 18.2 Å². The van der Waals surface area contributed by atoms with E-state index in [9.17, 15) is 13.2 Å². The van der Waals surface area contributed by atoms with Crippen LogP contribution in [-0.2, 0) is 4.79 Å². The van der Waals surface area contributed by atoms with Crippen LogP contribution in [0.4, 0.5) is 13.2 Å². The maximum atomic E-state index is 10.6. The molecule has 48 valence electrons. The molecule has 2 nitrogen and oxygen atoms in total. The van der Waals surface area contributed by atoms with Crippen molar-refractivity contribution in [3.8, 4) is 0 Å². The first kappa shape index (κ1) is 10.6. The number of aliphatic imine (C=N–C) groups is 1. The maximum absolute atomic E-state index is 10.6. The zero-order valence-corrected chi connectivity index (χ0v) is 5.59. The van der Waals surface area contributed by atoms with Crippen molar-refractivity contribution < 1.29 is 18.0 Å². The molecule has 0 spiro atoms. The summed E-state index contributed by atoms with van der Waals surface area (Å²) in [4.78, 5) is 10.3. The summed E-state index contributed by atoms with van der Waals surface area (Å²) in [7, 11) is 0. The number of carbonyl (C=O) groups excluding carboxylic acids is 1. The third-order valence-corrected chi connectivity index (χ3v) is 0.172. The van der Waals surface area contributed by atoms with Crippen LogP contribution < -0.4 is 0 Å². The second kappa shape index (κ2) is 3.66. The predicted molar refractivity (Wildman–Crippen MR) is 22.7 cm³/mol. The van der Waals surface area contributed by atoms with Crippen molar-refractivity contribution in [1.82, 2.24) is 0 Å². The van der Waals surface area contributed by atoms with E-state index in [1.54, 1.807) is 0 Å². The molecule has 0 atom stereocenters. The molecule has 0 amide bonds. The van der Waals surface area contributed by atoms with Gasteiger partial charge in [-0.1, -0.05) is 0 Å². The molecular formula is C2H2F3NOSe. The average Bonchev–Trinajstić information content (AvgIpc) is 1.30. The van der Waals surface area contributed by atoms with Gasteiger partial charge in [0.2, 0.25) is 6.08 Å². The molecule has 0 aliphatic heterocycles. The van der Waals surface area contributed by atoms with Crippen molar-refractivity contribution in [3.63, 3.8) is 0 Å². The normalized spacial score (nSPS) is 8.88. The third-order valence-electron chi connectivity index (χ3n) is 0.172. The molecule has 0 bridgehead atoms. The van der Waals surface area contributed by atoms with E-state index in [1.807, 2.05) is 0 Å². The Labute approximate surface area is 53.3 Å². The van der Waals surface area contributed by atoms with Crippen molar-refractivity contribution >= 4 is 23.1 Å². The van der Waals surface area contributed by atoms with Gasteiger partial charge in [-0.3, -0.25) is 0 Å². The molecule has 0 rings (SSSR count). The number of halogens is 3. The predicted octanol–water partition coefficient (Wildman–Crippen LogP) is -0.0742. The molecule has 0 saturated carbocycles. The Bertz CT molecular complexity index is 104. The van der Waals surface area contributed by atoms with Crippen LogP contribution in [0.3, 0.4) is 0 Å². The van der Waals surface area contributed by atoms with E-state index >= 15 is 0 Å². The Morgan fingerprint density at radius 1 is 1.38 bits per heavy atom. The summed E-state index contributed by atoms with van der Waals surface area (Å²) in [6, 6.07) is 0.